The van der Waals surface area contributed by atoms with Crippen LogP contribution in [0.2, 0.25) is 0 Å². The van der Waals surface area contributed by atoms with Crippen LogP contribution in [0.3, 0.4) is 0 Å². The number of anilines is 2. The second kappa shape index (κ2) is 8.31. The zero-order valence-electron chi connectivity index (χ0n) is 13.7. The average molecular weight is 387 g/mol. The van der Waals surface area contributed by atoms with Crippen LogP contribution >= 0.6 is 12.4 Å². The number of hydrogen-bond acceptors (Lipinski definition) is 3. The van der Waals surface area contributed by atoms with E-state index in [1.54, 1.807) is 24.3 Å². The summed E-state index contributed by atoms with van der Waals surface area (Å²) in [5.74, 6) is -0.389. The number of ether oxygens (including phenoxy) is 1. The number of hydrogen-bond donors (Lipinski definition) is 2. The van der Waals surface area contributed by atoms with Crippen LogP contribution in [0.5, 0.6) is 5.75 Å². The molecule has 4 nitrogen and oxygen atoms in total. The fourth-order valence-electron chi connectivity index (χ4n) is 2.77. The van der Waals surface area contributed by atoms with Gasteiger partial charge in [-0.2, -0.15) is 13.2 Å². The van der Waals surface area contributed by atoms with Gasteiger partial charge in [0.1, 0.15) is 5.75 Å². The van der Waals surface area contributed by atoms with Crippen molar-refractivity contribution in [1.29, 1.82) is 0 Å². The summed E-state index contributed by atoms with van der Waals surface area (Å²) in [6, 6.07) is 11.5. The molecule has 2 N–H and O–H groups in total. The summed E-state index contributed by atoms with van der Waals surface area (Å²) in [5.41, 5.74) is 2.55. The lowest BCUT2D eigenvalue weighted by Crippen LogP contribution is -2.21. The molecule has 2 aromatic carbocycles. The summed E-state index contributed by atoms with van der Waals surface area (Å²) >= 11 is 0. The van der Waals surface area contributed by atoms with Gasteiger partial charge in [0.05, 0.1) is 5.69 Å². The van der Waals surface area contributed by atoms with E-state index in [9.17, 15) is 18.0 Å². The Morgan fingerprint density at radius 2 is 1.92 bits per heavy atom. The van der Waals surface area contributed by atoms with E-state index in [1.807, 2.05) is 6.07 Å². The van der Waals surface area contributed by atoms with Crippen LogP contribution < -0.4 is 15.4 Å². The third-order valence-corrected chi connectivity index (χ3v) is 3.87. The number of alkyl halides is 3. The van der Waals surface area contributed by atoms with E-state index in [4.69, 9.17) is 4.74 Å². The van der Waals surface area contributed by atoms with Crippen LogP contribution in [0.1, 0.15) is 22.3 Å². The number of carbonyl (C=O) groups excluding carboxylic acids is 1. The predicted octanol–water partition coefficient (Wildman–Crippen LogP) is 4.66. The van der Waals surface area contributed by atoms with Crippen molar-refractivity contribution in [2.75, 3.05) is 23.8 Å². The molecule has 0 saturated heterocycles. The highest BCUT2D eigenvalue weighted by atomic mass is 35.5. The topological polar surface area (TPSA) is 50.4 Å². The van der Waals surface area contributed by atoms with E-state index in [2.05, 4.69) is 10.6 Å². The lowest BCUT2D eigenvalue weighted by molar-refractivity contribution is -0.153. The van der Waals surface area contributed by atoms with E-state index in [1.165, 1.54) is 12.1 Å². The Morgan fingerprint density at radius 3 is 2.69 bits per heavy atom. The fraction of sp³-hybridized carbons (Fsp3) is 0.278. The maximum atomic E-state index is 12.6. The molecule has 0 saturated carbocycles. The minimum Gasteiger partial charge on any atom is -0.482 e. The number of nitrogens with one attached hydrogen (secondary N) is 2. The molecule has 26 heavy (non-hydrogen) atoms. The zero-order chi connectivity index (χ0) is 17.9. The van der Waals surface area contributed by atoms with Crippen LogP contribution in [0.4, 0.5) is 24.5 Å². The molecule has 3 rings (SSSR count). The lowest BCUT2D eigenvalue weighted by atomic mass is 9.97. The molecule has 0 bridgehead atoms. The Labute approximate surface area is 155 Å². The quantitative estimate of drug-likeness (QED) is 0.803. The van der Waals surface area contributed by atoms with Gasteiger partial charge in [-0.1, -0.05) is 18.2 Å². The first-order valence-corrected chi connectivity index (χ1v) is 7.90. The first kappa shape index (κ1) is 19.9. The van der Waals surface area contributed by atoms with Crippen molar-refractivity contribution in [3.63, 3.8) is 0 Å². The van der Waals surface area contributed by atoms with Crippen LogP contribution in [-0.4, -0.2) is 25.2 Å². The summed E-state index contributed by atoms with van der Waals surface area (Å²) < 4.78 is 41.9. The highest BCUT2D eigenvalue weighted by Crippen LogP contribution is 2.29. The van der Waals surface area contributed by atoms with Gasteiger partial charge in [-0.25, -0.2) is 0 Å². The van der Waals surface area contributed by atoms with Crippen LogP contribution in [-0.2, 0) is 6.42 Å². The number of fused-ring (bicyclic) bond motifs is 1. The Kier molecular flexibility index (Phi) is 6.37. The van der Waals surface area contributed by atoms with Gasteiger partial charge in [-0.3, -0.25) is 4.79 Å². The van der Waals surface area contributed by atoms with Crippen molar-refractivity contribution in [2.24, 2.45) is 0 Å². The molecule has 0 radical (unpaired) electrons. The summed E-state index contributed by atoms with van der Waals surface area (Å²) in [5, 5.41) is 5.89. The molecule has 0 atom stereocenters. The lowest BCUT2D eigenvalue weighted by Gasteiger charge is -2.21. The summed E-state index contributed by atoms with van der Waals surface area (Å²) in [7, 11) is 0. The number of rotatable bonds is 4. The molecule has 0 aliphatic carbocycles. The number of carbonyl (C=O) groups is 1. The first-order valence-electron chi connectivity index (χ1n) is 7.90. The second-order valence-corrected chi connectivity index (χ2v) is 5.72. The standard InChI is InChI=1S/C18H17F3N2O2.ClH/c19-18(20,21)11-25-16-9-2-1-7-15(16)23-17(24)13-5-3-8-14-12(13)6-4-10-22-14;/h1-3,5,7-9,22H,4,6,10-11H2,(H,23,24);1H. The van der Waals surface area contributed by atoms with Crippen LogP contribution in [0.15, 0.2) is 42.5 Å². The summed E-state index contributed by atoms with van der Waals surface area (Å²) in [6.45, 7) is -0.559. The van der Waals surface area contributed by atoms with Crippen molar-refractivity contribution in [3.8, 4) is 5.75 Å². The molecule has 1 heterocycles. The molecule has 0 aromatic heterocycles. The third kappa shape index (κ3) is 4.82. The van der Waals surface area contributed by atoms with Gasteiger partial charge in [0, 0.05) is 17.8 Å². The number of para-hydroxylation sites is 2. The van der Waals surface area contributed by atoms with Crippen molar-refractivity contribution >= 4 is 29.7 Å². The Balaban J connectivity index is 0.00000243. The van der Waals surface area contributed by atoms with Crippen molar-refractivity contribution in [2.45, 2.75) is 19.0 Å². The smallest absolute Gasteiger partial charge is 0.422 e. The zero-order valence-corrected chi connectivity index (χ0v) is 14.5. The minimum absolute atomic E-state index is 0. The molecular weight excluding hydrogens is 369 g/mol. The van der Waals surface area contributed by atoms with Crippen LogP contribution in [0, 0.1) is 0 Å². The second-order valence-electron chi connectivity index (χ2n) is 5.72. The summed E-state index contributed by atoms with van der Waals surface area (Å²) in [6.07, 6.45) is -2.75. The molecule has 140 valence electrons. The highest BCUT2D eigenvalue weighted by Gasteiger charge is 2.29. The van der Waals surface area contributed by atoms with Crippen molar-refractivity contribution in [1.82, 2.24) is 0 Å². The van der Waals surface area contributed by atoms with Gasteiger partial charge in [-0.15, -0.1) is 12.4 Å². The molecule has 0 unspecified atom stereocenters. The van der Waals surface area contributed by atoms with Crippen LogP contribution in [0.25, 0.3) is 0 Å². The molecule has 1 aliphatic rings. The minimum atomic E-state index is -4.44. The SMILES string of the molecule is Cl.O=C(Nc1ccccc1OCC(F)(F)F)c1cccc2c1CCCN2. The molecule has 1 amide bonds. The van der Waals surface area contributed by atoms with E-state index in [0.717, 1.165) is 30.6 Å². The van der Waals surface area contributed by atoms with E-state index >= 15 is 0 Å². The third-order valence-electron chi connectivity index (χ3n) is 3.87. The molecule has 0 fully saturated rings. The Bertz CT molecular complexity index is 781. The maximum absolute atomic E-state index is 12.6. The highest BCUT2D eigenvalue weighted by molar-refractivity contribution is 6.07. The largest absolute Gasteiger partial charge is 0.482 e. The van der Waals surface area contributed by atoms with E-state index < -0.39 is 12.8 Å². The average Bonchev–Trinajstić information content (AvgIpc) is 2.59. The van der Waals surface area contributed by atoms with Gasteiger partial charge >= 0.3 is 6.18 Å². The van der Waals surface area contributed by atoms with E-state index in [-0.39, 0.29) is 29.8 Å². The van der Waals surface area contributed by atoms with Crippen molar-refractivity contribution in [3.05, 3.63) is 53.6 Å². The Hall–Kier alpha value is -2.41. The molecule has 0 spiro atoms. The van der Waals surface area contributed by atoms with Gasteiger partial charge in [0.15, 0.2) is 6.61 Å². The number of halogens is 4. The van der Waals surface area contributed by atoms with Crippen molar-refractivity contribution < 1.29 is 22.7 Å². The predicted molar refractivity (Wildman–Crippen MR) is 96.4 cm³/mol. The molecule has 2 aromatic rings. The monoisotopic (exact) mass is 386 g/mol. The molecule has 8 heteroatoms. The van der Waals surface area contributed by atoms with E-state index in [0.29, 0.717) is 5.56 Å². The van der Waals surface area contributed by atoms with Gasteiger partial charge in [0.2, 0.25) is 0 Å². The molecular formula is C18H18ClF3N2O2. The van der Waals surface area contributed by atoms with Gasteiger partial charge < -0.3 is 15.4 Å². The summed E-state index contributed by atoms with van der Waals surface area (Å²) in [4.78, 5) is 12.6. The fourth-order valence-corrected chi connectivity index (χ4v) is 2.77. The number of amides is 1. The molecule has 1 aliphatic heterocycles. The first-order chi connectivity index (χ1) is 11.9. The van der Waals surface area contributed by atoms with Gasteiger partial charge in [-0.05, 0) is 42.7 Å². The number of benzene rings is 2. The Morgan fingerprint density at radius 1 is 1.15 bits per heavy atom. The maximum Gasteiger partial charge on any atom is 0.422 e. The normalized spacial score (nSPS) is 13.0. The van der Waals surface area contributed by atoms with Gasteiger partial charge in [0.25, 0.3) is 5.91 Å².